The lowest BCUT2D eigenvalue weighted by molar-refractivity contribution is 0.205. The number of rotatable bonds is 5. The monoisotopic (exact) mass is 437 g/mol. The Morgan fingerprint density at radius 3 is 2.91 bits per heavy atom. The van der Waals surface area contributed by atoms with Crippen LogP contribution in [-0.2, 0) is 6.61 Å². The molecule has 2 N–H and O–H groups in total. The fourth-order valence-electron chi connectivity index (χ4n) is 4.51. The minimum absolute atomic E-state index is 0.0511. The average Bonchev–Trinajstić information content (AvgIpc) is 3.15. The Balaban J connectivity index is 1.44. The molecule has 0 aliphatic carbocycles. The number of hydrogen-bond acceptors (Lipinski definition) is 8. The van der Waals surface area contributed by atoms with Crippen LogP contribution in [0.1, 0.15) is 18.9 Å². The van der Waals surface area contributed by atoms with Gasteiger partial charge in [0.2, 0.25) is 5.88 Å². The number of nitrogens with one attached hydrogen (secondary N) is 1. The van der Waals surface area contributed by atoms with Crippen molar-refractivity contribution in [1.82, 2.24) is 15.2 Å². The highest BCUT2D eigenvalue weighted by molar-refractivity contribution is 5.77. The Morgan fingerprint density at radius 1 is 1.28 bits per heavy atom. The van der Waals surface area contributed by atoms with Crippen molar-refractivity contribution in [3.63, 3.8) is 0 Å². The van der Waals surface area contributed by atoms with Crippen molar-refractivity contribution >= 4 is 11.5 Å². The predicted molar refractivity (Wildman–Crippen MR) is 117 cm³/mol. The van der Waals surface area contributed by atoms with Crippen molar-refractivity contribution in [3.8, 4) is 22.9 Å². The largest absolute Gasteiger partial charge is 0.493 e. The quantitative estimate of drug-likeness (QED) is 0.629. The van der Waals surface area contributed by atoms with Gasteiger partial charge in [0.1, 0.15) is 6.10 Å². The Hall–Kier alpha value is -3.46. The standard InChI is InChI=1S/C23H24FN5O3/c1-23-9-15(32-20-7-6-14(12-30)10-25-20)11-29(23)19-8-18(27-28-22(19)26-13-23)16-4-3-5-17(24)21(16)31-2/h3-8,10,15,30H,9,11-13H2,1-2H3,(H,26,28). The van der Waals surface area contributed by atoms with Gasteiger partial charge in [0.15, 0.2) is 17.4 Å². The van der Waals surface area contributed by atoms with Crippen LogP contribution in [0.3, 0.4) is 0 Å². The minimum atomic E-state index is -0.443. The summed E-state index contributed by atoms with van der Waals surface area (Å²) in [6, 6.07) is 10.3. The second-order valence-corrected chi connectivity index (χ2v) is 8.35. The zero-order valence-corrected chi connectivity index (χ0v) is 17.9. The first kappa shape index (κ1) is 20.4. The van der Waals surface area contributed by atoms with Crippen molar-refractivity contribution < 1.29 is 19.0 Å². The number of aliphatic hydroxyl groups excluding tert-OH is 1. The number of fused-ring (bicyclic) bond motifs is 3. The zero-order chi connectivity index (χ0) is 22.3. The number of aromatic nitrogens is 3. The molecule has 0 bridgehead atoms. The molecule has 0 spiro atoms. The van der Waals surface area contributed by atoms with Crippen LogP contribution in [-0.4, -0.2) is 52.1 Å². The molecule has 1 fully saturated rings. The molecule has 0 amide bonds. The third-order valence-corrected chi connectivity index (χ3v) is 6.12. The molecular weight excluding hydrogens is 413 g/mol. The zero-order valence-electron chi connectivity index (χ0n) is 17.9. The van der Waals surface area contributed by atoms with Crippen molar-refractivity contribution in [2.24, 2.45) is 0 Å². The van der Waals surface area contributed by atoms with Gasteiger partial charge in [-0.1, -0.05) is 6.07 Å². The molecule has 2 aliphatic rings. The van der Waals surface area contributed by atoms with E-state index in [2.05, 4.69) is 32.3 Å². The summed E-state index contributed by atoms with van der Waals surface area (Å²) < 4.78 is 25.6. The van der Waals surface area contributed by atoms with Crippen molar-refractivity contribution in [3.05, 3.63) is 54.0 Å². The van der Waals surface area contributed by atoms with Crippen LogP contribution in [0, 0.1) is 5.82 Å². The molecule has 2 aromatic heterocycles. The van der Waals surface area contributed by atoms with Gasteiger partial charge in [-0.05, 0) is 36.8 Å². The smallest absolute Gasteiger partial charge is 0.213 e. The lowest BCUT2D eigenvalue weighted by Gasteiger charge is -2.41. The lowest BCUT2D eigenvalue weighted by Crippen LogP contribution is -2.50. The van der Waals surface area contributed by atoms with Gasteiger partial charge in [0.25, 0.3) is 0 Å². The summed E-state index contributed by atoms with van der Waals surface area (Å²) in [5, 5.41) is 21.2. The topological polar surface area (TPSA) is 92.6 Å². The van der Waals surface area contributed by atoms with Crippen LogP contribution in [0.25, 0.3) is 11.3 Å². The second kappa shape index (κ2) is 7.90. The number of para-hydroxylation sites is 1. The summed E-state index contributed by atoms with van der Waals surface area (Å²) in [4.78, 5) is 6.56. The van der Waals surface area contributed by atoms with Crippen LogP contribution >= 0.6 is 0 Å². The Bertz CT molecular complexity index is 1140. The number of nitrogens with zero attached hydrogens (tertiary/aromatic N) is 4. The molecule has 0 saturated carbocycles. The number of anilines is 2. The van der Waals surface area contributed by atoms with Gasteiger partial charge < -0.3 is 24.8 Å². The van der Waals surface area contributed by atoms with E-state index in [4.69, 9.17) is 9.47 Å². The van der Waals surface area contributed by atoms with Crippen LogP contribution in [0.5, 0.6) is 11.6 Å². The van der Waals surface area contributed by atoms with Gasteiger partial charge in [-0.3, -0.25) is 0 Å². The number of aliphatic hydroxyl groups is 1. The first-order chi connectivity index (χ1) is 15.5. The van der Waals surface area contributed by atoms with E-state index in [1.54, 1.807) is 30.5 Å². The van der Waals surface area contributed by atoms with Gasteiger partial charge in [0, 0.05) is 30.8 Å². The average molecular weight is 437 g/mol. The van der Waals surface area contributed by atoms with Crippen LogP contribution in [0.2, 0.25) is 0 Å². The third kappa shape index (κ3) is 3.48. The van der Waals surface area contributed by atoms with E-state index in [0.717, 1.165) is 17.7 Å². The summed E-state index contributed by atoms with van der Waals surface area (Å²) >= 11 is 0. The number of benzene rings is 1. The first-order valence-electron chi connectivity index (χ1n) is 10.5. The molecule has 166 valence electrons. The number of hydrogen-bond donors (Lipinski definition) is 2. The molecule has 5 rings (SSSR count). The molecule has 8 nitrogen and oxygen atoms in total. The summed E-state index contributed by atoms with van der Waals surface area (Å²) in [6.07, 6.45) is 2.34. The minimum Gasteiger partial charge on any atom is -0.493 e. The lowest BCUT2D eigenvalue weighted by atomic mass is 9.95. The molecule has 32 heavy (non-hydrogen) atoms. The first-order valence-corrected chi connectivity index (χ1v) is 10.5. The molecule has 4 heterocycles. The van der Waals surface area contributed by atoms with Crippen molar-refractivity contribution in [2.75, 3.05) is 30.4 Å². The van der Waals surface area contributed by atoms with Crippen molar-refractivity contribution in [2.45, 2.75) is 31.6 Å². The third-order valence-electron chi connectivity index (χ3n) is 6.12. The maximum absolute atomic E-state index is 14.2. The highest BCUT2D eigenvalue weighted by Gasteiger charge is 2.47. The second-order valence-electron chi connectivity index (χ2n) is 8.35. The highest BCUT2D eigenvalue weighted by Crippen LogP contribution is 2.43. The van der Waals surface area contributed by atoms with E-state index in [1.807, 2.05) is 6.07 Å². The molecule has 3 aromatic rings. The van der Waals surface area contributed by atoms with E-state index in [1.165, 1.54) is 13.2 Å². The molecule has 2 unspecified atom stereocenters. The summed E-state index contributed by atoms with van der Waals surface area (Å²) in [5.74, 6) is 0.921. The van der Waals surface area contributed by atoms with E-state index in [0.29, 0.717) is 36.0 Å². The fourth-order valence-corrected chi connectivity index (χ4v) is 4.51. The number of halogens is 1. The normalized spacial score (nSPS) is 21.5. The molecular formula is C23H24FN5O3. The van der Waals surface area contributed by atoms with E-state index in [9.17, 15) is 9.50 Å². The molecule has 2 atom stereocenters. The maximum atomic E-state index is 14.2. The number of pyridine rings is 1. The molecule has 2 aliphatic heterocycles. The van der Waals surface area contributed by atoms with E-state index >= 15 is 0 Å². The van der Waals surface area contributed by atoms with Crippen LogP contribution < -0.4 is 19.7 Å². The summed E-state index contributed by atoms with van der Waals surface area (Å²) in [6.45, 7) is 3.48. The van der Waals surface area contributed by atoms with E-state index < -0.39 is 5.82 Å². The van der Waals surface area contributed by atoms with Gasteiger partial charge in [0.05, 0.1) is 37.2 Å². The summed E-state index contributed by atoms with van der Waals surface area (Å²) in [5.41, 5.74) is 2.54. The Labute approximate surface area is 185 Å². The molecule has 1 aromatic carbocycles. The van der Waals surface area contributed by atoms with Gasteiger partial charge in [-0.2, -0.15) is 0 Å². The molecule has 1 saturated heterocycles. The van der Waals surface area contributed by atoms with Crippen molar-refractivity contribution in [1.29, 1.82) is 0 Å². The molecule has 0 radical (unpaired) electrons. The SMILES string of the molecule is COc1c(F)cccc1-c1cc2c(nn1)NCC1(C)CC(Oc3ccc(CO)cn3)CN21. The molecule has 9 heteroatoms. The predicted octanol–water partition coefficient (Wildman–Crippen LogP) is 3.02. The maximum Gasteiger partial charge on any atom is 0.213 e. The fraction of sp³-hybridized carbons (Fsp3) is 0.348. The van der Waals surface area contributed by atoms with Crippen LogP contribution in [0.15, 0.2) is 42.6 Å². The summed E-state index contributed by atoms with van der Waals surface area (Å²) in [7, 11) is 1.44. The Morgan fingerprint density at radius 2 is 2.16 bits per heavy atom. The van der Waals surface area contributed by atoms with Gasteiger partial charge >= 0.3 is 0 Å². The van der Waals surface area contributed by atoms with Crippen LogP contribution in [0.4, 0.5) is 15.9 Å². The Kier molecular flexibility index (Phi) is 5.05. The van der Waals surface area contributed by atoms with Gasteiger partial charge in [-0.15, -0.1) is 10.2 Å². The van der Waals surface area contributed by atoms with E-state index in [-0.39, 0.29) is 24.0 Å². The number of ether oxygens (including phenoxy) is 2. The van der Waals surface area contributed by atoms with Gasteiger partial charge in [-0.25, -0.2) is 9.37 Å². The number of methoxy groups -OCH3 is 1. The highest BCUT2D eigenvalue weighted by atomic mass is 19.1.